The van der Waals surface area contributed by atoms with Gasteiger partial charge >= 0.3 is 6.03 Å². The summed E-state index contributed by atoms with van der Waals surface area (Å²) in [5.41, 5.74) is 1.35. The molecule has 0 bridgehead atoms. The van der Waals surface area contributed by atoms with Crippen LogP contribution < -0.4 is 0 Å². The lowest BCUT2D eigenvalue weighted by Crippen LogP contribution is -2.50. The van der Waals surface area contributed by atoms with Crippen LogP contribution in [0.3, 0.4) is 0 Å². The van der Waals surface area contributed by atoms with E-state index in [1.807, 2.05) is 23.6 Å². The molecule has 2 atom stereocenters. The van der Waals surface area contributed by atoms with Gasteiger partial charge in [-0.2, -0.15) is 0 Å². The topological polar surface area (TPSA) is 43.9 Å². The molecule has 0 spiro atoms. The van der Waals surface area contributed by atoms with E-state index in [1.165, 1.54) is 5.56 Å². The fraction of sp³-hybridized carbons (Fsp3) is 0.667. The average Bonchev–Trinajstić information content (AvgIpc) is 3.25. The predicted molar refractivity (Wildman–Crippen MR) is 117 cm³/mol. The van der Waals surface area contributed by atoms with E-state index >= 15 is 0 Å². The third-order valence-corrected chi connectivity index (χ3v) is 6.86. The Morgan fingerprint density at radius 1 is 1.00 bits per heavy atom. The maximum Gasteiger partial charge on any atom is 0.319 e. The highest BCUT2D eigenvalue weighted by Crippen LogP contribution is 2.35. The Kier molecular flexibility index (Phi) is 7.57. The highest BCUT2D eigenvalue weighted by Gasteiger charge is 2.38. The lowest BCUT2D eigenvalue weighted by Gasteiger charge is -2.38. The van der Waals surface area contributed by atoms with Crippen LogP contribution in [0.25, 0.3) is 0 Å². The number of hydrogen-bond donors (Lipinski definition) is 0. The van der Waals surface area contributed by atoms with E-state index in [-0.39, 0.29) is 11.9 Å². The molecule has 2 aliphatic heterocycles. The van der Waals surface area contributed by atoms with Gasteiger partial charge in [0.1, 0.15) is 0 Å². The van der Waals surface area contributed by atoms with Crippen molar-refractivity contribution < 1.29 is 9.59 Å². The van der Waals surface area contributed by atoms with Crippen LogP contribution in [0.4, 0.5) is 4.79 Å². The van der Waals surface area contributed by atoms with Gasteiger partial charge in [0.05, 0.1) is 0 Å². The number of carbonyl (C=O) groups is 2. The summed E-state index contributed by atoms with van der Waals surface area (Å²) >= 11 is 0. The predicted octanol–water partition coefficient (Wildman–Crippen LogP) is 4.35. The van der Waals surface area contributed by atoms with Crippen LogP contribution in [-0.2, 0) is 4.79 Å². The summed E-state index contributed by atoms with van der Waals surface area (Å²) < 4.78 is 0. The number of hydrogen-bond acceptors (Lipinski definition) is 2. The molecule has 0 radical (unpaired) electrons. The lowest BCUT2D eigenvalue weighted by molar-refractivity contribution is -0.138. The largest absolute Gasteiger partial charge is 0.339 e. The van der Waals surface area contributed by atoms with E-state index < -0.39 is 0 Å². The van der Waals surface area contributed by atoms with E-state index in [2.05, 4.69) is 42.2 Å². The molecule has 2 aliphatic rings. The molecule has 0 aromatic heterocycles. The molecule has 3 rings (SSSR count). The van der Waals surface area contributed by atoms with E-state index in [9.17, 15) is 9.59 Å². The maximum atomic E-state index is 13.4. The number of rotatable bonds is 6. The molecule has 5 nitrogen and oxygen atoms in total. The number of carbonyl (C=O) groups excluding carboxylic acids is 2. The minimum atomic E-state index is 0.0598. The van der Waals surface area contributed by atoms with Crippen molar-refractivity contribution in [2.24, 2.45) is 5.92 Å². The van der Waals surface area contributed by atoms with Crippen LogP contribution in [0, 0.1) is 5.92 Å². The van der Waals surface area contributed by atoms with Gasteiger partial charge in [-0.15, -0.1) is 0 Å². The van der Waals surface area contributed by atoms with Gasteiger partial charge in [0.2, 0.25) is 5.91 Å². The van der Waals surface area contributed by atoms with Crippen LogP contribution in [-0.4, -0.2) is 65.4 Å². The summed E-state index contributed by atoms with van der Waals surface area (Å²) in [5.74, 6) is 0.786. The van der Waals surface area contributed by atoms with Gasteiger partial charge in [0.15, 0.2) is 0 Å². The fourth-order valence-electron chi connectivity index (χ4n) is 5.16. The summed E-state index contributed by atoms with van der Waals surface area (Å²) in [7, 11) is 0. The molecule has 29 heavy (non-hydrogen) atoms. The molecule has 0 saturated carbocycles. The number of urea groups is 1. The minimum absolute atomic E-state index is 0.0598. The Morgan fingerprint density at radius 3 is 2.24 bits per heavy atom. The van der Waals surface area contributed by atoms with Crippen molar-refractivity contribution in [3.05, 3.63) is 35.9 Å². The highest BCUT2D eigenvalue weighted by atomic mass is 16.2. The van der Waals surface area contributed by atoms with Crippen molar-refractivity contribution in [1.29, 1.82) is 0 Å². The number of nitrogens with zero attached hydrogens (tertiary/aromatic N) is 3. The van der Waals surface area contributed by atoms with Crippen LogP contribution in [0.5, 0.6) is 0 Å². The standard InChI is InChI=1S/C24H37N3O2/c1-4-21(19-11-8-7-9-12-19)22-13-10-16-27(22)23(28)20-14-17-26(18-15-20)24(29)25(5-2)6-3/h7-9,11-12,20-22H,4-6,10,13-18H2,1-3H3. The third kappa shape index (κ3) is 4.76. The van der Waals surface area contributed by atoms with Crippen LogP contribution in [0.2, 0.25) is 0 Å². The Balaban J connectivity index is 1.62. The Labute approximate surface area is 176 Å². The molecular weight excluding hydrogens is 362 g/mol. The van der Waals surface area contributed by atoms with Crippen molar-refractivity contribution in [3.63, 3.8) is 0 Å². The Hall–Kier alpha value is -2.04. The smallest absolute Gasteiger partial charge is 0.319 e. The normalized spacial score (nSPS) is 21.3. The van der Waals surface area contributed by atoms with Crippen molar-refractivity contribution in [2.45, 2.75) is 64.8 Å². The Bertz CT molecular complexity index is 666. The first-order chi connectivity index (χ1) is 14.1. The molecule has 160 valence electrons. The van der Waals surface area contributed by atoms with Gasteiger partial charge in [-0.05, 0) is 51.5 Å². The number of piperidine rings is 1. The van der Waals surface area contributed by atoms with Gasteiger partial charge < -0.3 is 14.7 Å². The summed E-state index contributed by atoms with van der Waals surface area (Å²) in [6.45, 7) is 10.0. The van der Waals surface area contributed by atoms with Gasteiger partial charge in [-0.25, -0.2) is 4.79 Å². The van der Waals surface area contributed by atoms with Crippen LogP contribution in [0.15, 0.2) is 30.3 Å². The fourth-order valence-corrected chi connectivity index (χ4v) is 5.16. The second-order valence-electron chi connectivity index (χ2n) is 8.38. The quantitative estimate of drug-likeness (QED) is 0.714. The van der Waals surface area contributed by atoms with Crippen molar-refractivity contribution in [3.8, 4) is 0 Å². The molecule has 2 unspecified atom stereocenters. The molecule has 2 saturated heterocycles. The molecule has 0 aliphatic carbocycles. The number of amides is 3. The van der Waals surface area contributed by atoms with Gasteiger partial charge in [-0.3, -0.25) is 4.79 Å². The monoisotopic (exact) mass is 399 g/mol. The highest BCUT2D eigenvalue weighted by molar-refractivity contribution is 5.80. The molecule has 2 fully saturated rings. The average molecular weight is 400 g/mol. The molecule has 3 amide bonds. The van der Waals surface area contributed by atoms with E-state index in [0.717, 1.165) is 51.7 Å². The van der Waals surface area contributed by atoms with E-state index in [0.29, 0.717) is 31.0 Å². The molecule has 2 heterocycles. The summed E-state index contributed by atoms with van der Waals surface area (Å²) in [6.07, 6.45) is 4.82. The van der Waals surface area contributed by atoms with E-state index in [4.69, 9.17) is 0 Å². The molecule has 5 heteroatoms. The van der Waals surface area contributed by atoms with Crippen LogP contribution in [0.1, 0.15) is 64.4 Å². The Morgan fingerprint density at radius 2 is 1.66 bits per heavy atom. The number of benzene rings is 1. The second kappa shape index (κ2) is 10.1. The first kappa shape index (κ1) is 21.7. The first-order valence-electron chi connectivity index (χ1n) is 11.5. The zero-order valence-corrected chi connectivity index (χ0v) is 18.3. The maximum absolute atomic E-state index is 13.4. The van der Waals surface area contributed by atoms with Gasteiger partial charge in [-0.1, -0.05) is 37.3 Å². The molecule has 1 aromatic rings. The molecular formula is C24H37N3O2. The zero-order chi connectivity index (χ0) is 20.8. The molecule has 0 N–H and O–H groups in total. The zero-order valence-electron chi connectivity index (χ0n) is 18.3. The van der Waals surface area contributed by atoms with Crippen molar-refractivity contribution in [2.75, 3.05) is 32.7 Å². The number of likely N-dealkylation sites (tertiary alicyclic amines) is 2. The van der Waals surface area contributed by atoms with Crippen molar-refractivity contribution in [1.82, 2.24) is 14.7 Å². The molecule has 1 aromatic carbocycles. The minimum Gasteiger partial charge on any atom is -0.339 e. The SMILES string of the molecule is CCC(c1ccccc1)C1CCCN1C(=O)C1CCN(C(=O)N(CC)CC)CC1. The summed E-state index contributed by atoms with van der Waals surface area (Å²) in [5, 5.41) is 0. The first-order valence-corrected chi connectivity index (χ1v) is 11.5. The van der Waals surface area contributed by atoms with Crippen molar-refractivity contribution >= 4 is 11.9 Å². The third-order valence-electron chi connectivity index (χ3n) is 6.86. The van der Waals surface area contributed by atoms with E-state index in [1.54, 1.807) is 0 Å². The van der Waals surface area contributed by atoms with Crippen LogP contribution >= 0.6 is 0 Å². The summed E-state index contributed by atoms with van der Waals surface area (Å²) in [4.78, 5) is 32.0. The summed E-state index contributed by atoms with van der Waals surface area (Å²) in [6, 6.07) is 11.1. The van der Waals surface area contributed by atoms with Gasteiger partial charge in [0.25, 0.3) is 0 Å². The lowest BCUT2D eigenvalue weighted by atomic mass is 9.86. The second-order valence-corrected chi connectivity index (χ2v) is 8.38. The van der Waals surface area contributed by atoms with Gasteiger partial charge in [0, 0.05) is 50.6 Å².